The van der Waals surface area contributed by atoms with Gasteiger partial charge in [-0.3, -0.25) is 5.14 Å². The van der Waals surface area contributed by atoms with Crippen molar-refractivity contribution in [3.63, 3.8) is 0 Å². The van der Waals surface area contributed by atoms with E-state index in [0.717, 1.165) is 0 Å². The average molecular weight is 179 g/mol. The number of nitrogens with two attached hydrogens (primary N) is 1. The van der Waals surface area contributed by atoms with E-state index < -0.39 is 0 Å². The predicted octanol–water partition coefficient (Wildman–Crippen LogP) is 3.21. The van der Waals surface area contributed by atoms with Gasteiger partial charge in [0.2, 0.25) is 0 Å². The molecule has 0 aliphatic carbocycles. The van der Waals surface area contributed by atoms with Gasteiger partial charge < -0.3 is 0 Å². The lowest BCUT2D eigenvalue weighted by Gasteiger charge is -1.97. The minimum Gasteiger partial charge on any atom is -0.268 e. The molecule has 0 atom stereocenters. The molecule has 0 fully saturated rings. The second-order valence-electron chi connectivity index (χ2n) is 2.33. The molecule has 1 nitrogen and oxygen atoms in total. The van der Waals surface area contributed by atoms with Crippen molar-refractivity contribution in [2.75, 3.05) is 5.75 Å². The van der Waals surface area contributed by atoms with Crippen LogP contribution >= 0.6 is 21.8 Å². The molecule has 0 aromatic heterocycles. The fourth-order valence-corrected chi connectivity index (χ4v) is 1.87. The maximum absolute atomic E-state index is 5.25. The lowest BCUT2D eigenvalue weighted by molar-refractivity contribution is 0.660. The van der Waals surface area contributed by atoms with Gasteiger partial charge in [-0.25, -0.2) is 0 Å². The maximum Gasteiger partial charge on any atom is 0.00493 e. The van der Waals surface area contributed by atoms with Crippen LogP contribution in [-0.2, 0) is 0 Å². The third kappa shape index (κ3) is 8.66. The van der Waals surface area contributed by atoms with Crippen LogP contribution in [0.4, 0.5) is 0 Å². The number of rotatable bonds is 7. The van der Waals surface area contributed by atoms with Crippen molar-refractivity contribution in [2.45, 2.75) is 39.0 Å². The van der Waals surface area contributed by atoms with Gasteiger partial charge in [-0.05, 0) is 17.4 Å². The number of hydrogen-bond acceptors (Lipinski definition) is 3. The topological polar surface area (TPSA) is 26.0 Å². The largest absolute Gasteiger partial charge is 0.268 e. The molecule has 0 unspecified atom stereocenters. The summed E-state index contributed by atoms with van der Waals surface area (Å²) in [5, 5.41) is 5.25. The minimum atomic E-state index is 1.21. The highest BCUT2D eigenvalue weighted by Crippen LogP contribution is 2.16. The third-order valence-electron chi connectivity index (χ3n) is 1.40. The van der Waals surface area contributed by atoms with Gasteiger partial charge in [-0.2, -0.15) is 0 Å². The molecular weight excluding hydrogens is 162 g/mol. The fourth-order valence-electron chi connectivity index (χ4n) is 0.813. The summed E-state index contributed by atoms with van der Waals surface area (Å²) in [6, 6.07) is 0. The molecule has 0 heterocycles. The van der Waals surface area contributed by atoms with Crippen LogP contribution < -0.4 is 5.14 Å². The van der Waals surface area contributed by atoms with E-state index in [9.17, 15) is 0 Å². The van der Waals surface area contributed by atoms with E-state index in [1.807, 2.05) is 0 Å². The van der Waals surface area contributed by atoms with Crippen LogP contribution in [0.15, 0.2) is 0 Å². The van der Waals surface area contributed by atoms with Crippen molar-refractivity contribution in [2.24, 2.45) is 5.14 Å². The summed E-state index contributed by atoms with van der Waals surface area (Å²) in [5.74, 6) is 1.21. The van der Waals surface area contributed by atoms with Crippen LogP contribution in [0.25, 0.3) is 0 Å². The minimum absolute atomic E-state index is 1.21. The summed E-state index contributed by atoms with van der Waals surface area (Å²) in [4.78, 5) is 0. The van der Waals surface area contributed by atoms with E-state index in [2.05, 4.69) is 6.92 Å². The molecule has 0 saturated carbocycles. The summed E-state index contributed by atoms with van der Waals surface area (Å²) >= 11 is 0. The van der Waals surface area contributed by atoms with E-state index in [-0.39, 0.29) is 0 Å². The highest BCUT2D eigenvalue weighted by Gasteiger charge is 1.88. The summed E-state index contributed by atoms with van der Waals surface area (Å²) in [7, 11) is 3.14. The van der Waals surface area contributed by atoms with Gasteiger partial charge in [-0.15, -0.1) is 0 Å². The first-order chi connectivity index (χ1) is 4.91. The second-order valence-corrected chi connectivity index (χ2v) is 4.45. The Bertz CT molecular complexity index is 51.6. The van der Waals surface area contributed by atoms with E-state index in [1.54, 1.807) is 10.8 Å². The third-order valence-corrected chi connectivity index (χ3v) is 2.90. The Balaban J connectivity index is 2.65. The zero-order valence-corrected chi connectivity index (χ0v) is 8.27. The molecule has 0 spiro atoms. The van der Waals surface area contributed by atoms with Gasteiger partial charge in [-0.1, -0.05) is 43.4 Å². The van der Waals surface area contributed by atoms with Crippen LogP contribution in [-0.4, -0.2) is 5.75 Å². The van der Waals surface area contributed by atoms with E-state index in [1.165, 1.54) is 48.8 Å². The number of hydrogen-bond donors (Lipinski definition) is 1. The Morgan fingerprint density at radius 3 is 2.40 bits per heavy atom. The van der Waals surface area contributed by atoms with E-state index in [0.29, 0.717) is 0 Å². The lowest BCUT2D eigenvalue weighted by atomic mass is 10.2. The van der Waals surface area contributed by atoms with Crippen LogP contribution in [0, 0.1) is 0 Å². The van der Waals surface area contributed by atoms with Gasteiger partial charge in [0.05, 0.1) is 0 Å². The second kappa shape index (κ2) is 9.66. The average Bonchev–Trinajstić information content (AvgIpc) is 1.97. The fraction of sp³-hybridized carbons (Fsp3) is 1.00. The van der Waals surface area contributed by atoms with Crippen molar-refractivity contribution < 1.29 is 0 Å². The van der Waals surface area contributed by atoms with Gasteiger partial charge in [0.25, 0.3) is 0 Å². The maximum atomic E-state index is 5.25. The molecule has 0 aliphatic rings. The van der Waals surface area contributed by atoms with Crippen molar-refractivity contribution in [1.29, 1.82) is 0 Å². The first-order valence-corrected chi connectivity index (χ1v) is 6.28. The standard InChI is InChI=1S/C7H17NS2/c1-2-3-4-5-6-7-9-10-8/h2-8H2,1H3. The van der Waals surface area contributed by atoms with Crippen LogP contribution in [0.3, 0.4) is 0 Å². The van der Waals surface area contributed by atoms with Crippen LogP contribution in [0.5, 0.6) is 0 Å². The molecule has 2 N–H and O–H groups in total. The highest BCUT2D eigenvalue weighted by molar-refractivity contribution is 8.75. The molecule has 0 aliphatic heterocycles. The normalized spacial score (nSPS) is 10.2. The van der Waals surface area contributed by atoms with Gasteiger partial charge in [0.1, 0.15) is 0 Å². The van der Waals surface area contributed by atoms with Crippen molar-refractivity contribution in [3.8, 4) is 0 Å². The Morgan fingerprint density at radius 1 is 1.10 bits per heavy atom. The van der Waals surface area contributed by atoms with Crippen molar-refractivity contribution in [3.05, 3.63) is 0 Å². The first-order valence-electron chi connectivity index (χ1n) is 3.90. The molecule has 3 heteroatoms. The Hall–Kier alpha value is 0.660. The first kappa shape index (κ1) is 10.7. The van der Waals surface area contributed by atoms with Crippen molar-refractivity contribution >= 4 is 21.8 Å². The molecule has 10 heavy (non-hydrogen) atoms. The molecule has 0 aromatic rings. The van der Waals surface area contributed by atoms with Crippen LogP contribution in [0.1, 0.15) is 39.0 Å². The Morgan fingerprint density at radius 2 is 1.80 bits per heavy atom. The quantitative estimate of drug-likeness (QED) is 0.369. The summed E-state index contributed by atoms with van der Waals surface area (Å²) < 4.78 is 0. The zero-order chi connectivity index (χ0) is 7.66. The molecule has 62 valence electrons. The molecule has 0 bridgehead atoms. The lowest BCUT2D eigenvalue weighted by Crippen LogP contribution is -1.80. The van der Waals surface area contributed by atoms with E-state index >= 15 is 0 Å². The summed E-state index contributed by atoms with van der Waals surface area (Å²) in [6.45, 7) is 2.24. The van der Waals surface area contributed by atoms with E-state index in [4.69, 9.17) is 5.14 Å². The van der Waals surface area contributed by atoms with Crippen LogP contribution in [0.2, 0.25) is 0 Å². The monoisotopic (exact) mass is 179 g/mol. The van der Waals surface area contributed by atoms with Crippen molar-refractivity contribution in [1.82, 2.24) is 0 Å². The SMILES string of the molecule is CCCCCCCSSN. The molecule has 0 radical (unpaired) electrons. The molecule has 0 rings (SSSR count). The summed E-state index contributed by atoms with van der Waals surface area (Å²) in [6.07, 6.45) is 6.82. The van der Waals surface area contributed by atoms with Gasteiger partial charge >= 0.3 is 0 Å². The smallest absolute Gasteiger partial charge is 0.00493 e. The Kier molecular flexibility index (Phi) is 10.3. The number of unbranched alkanes of at least 4 members (excludes halogenated alkanes) is 4. The molecule has 0 saturated heterocycles. The Labute approximate surface area is 72.1 Å². The predicted molar refractivity (Wildman–Crippen MR) is 53.0 cm³/mol. The van der Waals surface area contributed by atoms with Gasteiger partial charge in [0, 0.05) is 5.75 Å². The zero-order valence-electron chi connectivity index (χ0n) is 6.64. The van der Waals surface area contributed by atoms with Gasteiger partial charge in [0.15, 0.2) is 0 Å². The highest BCUT2D eigenvalue weighted by atomic mass is 33.1. The molecule has 0 aromatic carbocycles. The summed E-state index contributed by atoms with van der Waals surface area (Å²) in [5.41, 5.74) is 0. The molecule has 0 amide bonds. The molecular formula is C7H17NS2.